The lowest BCUT2D eigenvalue weighted by Gasteiger charge is -2.42. The van der Waals surface area contributed by atoms with E-state index in [0.29, 0.717) is 6.61 Å². The third-order valence-electron chi connectivity index (χ3n) is 13.7. The molecule has 0 aromatic heterocycles. The number of rotatable bonds is 19. The van der Waals surface area contributed by atoms with E-state index in [-0.39, 0.29) is 19.8 Å². The maximum absolute atomic E-state index is 11.6. The van der Waals surface area contributed by atoms with E-state index >= 15 is 0 Å². The van der Waals surface area contributed by atoms with Crippen LogP contribution in [0.25, 0.3) is 0 Å². The molecule has 480 valence electrons. The molecule has 0 spiro atoms. The summed E-state index contributed by atoms with van der Waals surface area (Å²) in [6.07, 6.45) is -24.7. The molecule has 29 heteroatoms. The van der Waals surface area contributed by atoms with Crippen LogP contribution in [0.5, 0.6) is 0 Å². The van der Waals surface area contributed by atoms with Gasteiger partial charge in [0.1, 0.15) is 67.1 Å². The van der Waals surface area contributed by atoms with Crippen LogP contribution in [0.2, 0.25) is 0 Å². The number of nitrogens with two attached hydrogens (primary N) is 3. The average molecular weight is 1240 g/mol. The van der Waals surface area contributed by atoms with Gasteiger partial charge in [-0.05, 0) is 36.1 Å². The molecule has 9 rings (SSSR count). The van der Waals surface area contributed by atoms with Crippen molar-refractivity contribution < 1.29 is 122 Å². The zero-order valence-electron chi connectivity index (χ0n) is 48.1. The maximum Gasteiger partial charge on any atom is 0.305 e. The van der Waals surface area contributed by atoms with Crippen molar-refractivity contribution in [2.45, 2.75) is 183 Å². The summed E-state index contributed by atoms with van der Waals surface area (Å²) in [5.41, 5.74) is 18.7. The number of nitriles is 1. The van der Waals surface area contributed by atoms with Crippen molar-refractivity contribution in [3.63, 3.8) is 0 Å². The predicted octanol–water partition coefficient (Wildman–Crippen LogP) is -2.04. The molecule has 8 unspecified atom stereocenters. The Bertz CT molecular complexity index is 2840. The number of esters is 2. The number of hydrogen-bond donors (Lipinski definition) is 11. The van der Waals surface area contributed by atoms with Gasteiger partial charge in [-0.2, -0.15) is 5.26 Å². The molecule has 0 saturated carbocycles. The largest absolute Gasteiger partial charge is 0.453 e. The van der Waals surface area contributed by atoms with Gasteiger partial charge in [-0.3, -0.25) is 24.0 Å². The second kappa shape index (κ2) is 33.0. The number of aliphatic hydroxyl groups is 8. The first kappa shape index (κ1) is 70.1. The fourth-order valence-corrected chi connectivity index (χ4v) is 9.48. The van der Waals surface area contributed by atoms with Gasteiger partial charge in [-0.1, -0.05) is 121 Å². The molecule has 4 aromatic rings. The van der Waals surface area contributed by atoms with Gasteiger partial charge in [-0.25, -0.2) is 0 Å². The van der Waals surface area contributed by atoms with E-state index in [1.165, 1.54) is 0 Å². The molecule has 4 aromatic carbocycles. The van der Waals surface area contributed by atoms with Crippen LogP contribution in [0, 0.1) is 11.3 Å². The van der Waals surface area contributed by atoms with Gasteiger partial charge in [0.15, 0.2) is 55.2 Å². The van der Waals surface area contributed by atoms with Crippen molar-refractivity contribution in [1.82, 2.24) is 0 Å². The Morgan fingerprint density at radius 2 is 0.909 bits per heavy atom. The van der Waals surface area contributed by atoms with Gasteiger partial charge in [0.05, 0.1) is 32.5 Å². The molecule has 5 saturated heterocycles. The highest BCUT2D eigenvalue weighted by Crippen LogP contribution is 2.40. The molecule has 0 bridgehead atoms. The number of nitrogens with zero attached hydrogens (tertiary/aromatic N) is 1. The Morgan fingerprint density at radius 3 is 1.34 bits per heavy atom. The first-order valence-electron chi connectivity index (χ1n) is 27.5. The summed E-state index contributed by atoms with van der Waals surface area (Å²) in [6, 6.07) is 38.7. The minimum Gasteiger partial charge on any atom is -0.453 e. The van der Waals surface area contributed by atoms with Crippen molar-refractivity contribution in [2.24, 2.45) is 17.2 Å². The number of amides is 3. The van der Waals surface area contributed by atoms with Crippen molar-refractivity contribution in [2.75, 3.05) is 0 Å². The molecule has 5 fully saturated rings. The fraction of sp³-hybridized carbons (Fsp3) is 0.492. The van der Waals surface area contributed by atoms with E-state index in [0.717, 1.165) is 36.1 Å². The Labute approximate surface area is 504 Å². The standard InChI is InChI=1S/C17H21NO8.C16H19NO5.2C13H17NO6/c1-9(19)24-15-13(23-8-11-6-4-3-5-7-11)12(21)14(16(18)22)26-17(15)25-10(2)20;1-16(2)21-14-13(19-9-10-6-4-3-5-7-10)12(11(18)8-17)20-15(14)22-16;14-12(17)8(15)11-10(9(16)13(18)20-11)19-6-7-4-2-1-3-5-7;14-12(17)11-8(15)10(9(16)13(18)20-11)19-6-7-4-2-1-3-5-7/h3-7,12-15,17,21H,8H2,1-2H3,(H2,18,22);3-7,11-15,18H,9H2,1-2H3;2*1-5,8-11,13,15-16,18H,6H2,(H2,14,17)/t12-,13+,14?,15?,17+;11-,12+,13+,14?,15+;8-,9?,10+,11-,13?;8-,9?,10+,11?,13?/m0010/s1. The fourth-order valence-electron chi connectivity index (χ4n) is 9.48. The molecule has 88 heavy (non-hydrogen) atoms. The number of carbonyl (C=O) groups is 5. The second-order valence-corrected chi connectivity index (χ2v) is 20.8. The van der Waals surface area contributed by atoms with Crippen molar-refractivity contribution >= 4 is 29.7 Å². The maximum atomic E-state index is 11.6. The Hall–Kier alpha value is -7.00. The first-order chi connectivity index (χ1) is 41.8. The third kappa shape index (κ3) is 19.5. The SMILES string of the molecule is CC(=O)OC1[C@H](OC(C)=O)OC(C(N)=O)[C@@H](O)[C@H]1OCc1ccccc1.CC1(C)OC2[C@H](O[C@H]([C@@H](O)C#N)[C@H]2OCc2ccccc2)O1.NC(=O)C1OC(O)C(O)[C@H](OCc2ccccc2)[C@@H]1O.NC(=O)[C@H](O)[C@H]1OC(O)C(O)[C@@H]1OCc1ccccc1. The van der Waals surface area contributed by atoms with Crippen LogP contribution in [0.4, 0.5) is 0 Å². The van der Waals surface area contributed by atoms with Crippen LogP contribution in [-0.2, 0) is 107 Å². The van der Waals surface area contributed by atoms with Crippen LogP contribution in [-0.4, -0.2) is 199 Å². The lowest BCUT2D eigenvalue weighted by atomic mass is 9.97. The number of aliphatic hydroxyl groups excluding tert-OH is 8. The molecule has 5 aliphatic rings. The van der Waals surface area contributed by atoms with Gasteiger partial charge in [0.2, 0.25) is 24.0 Å². The number of ether oxygens (including phenoxy) is 12. The third-order valence-corrected chi connectivity index (χ3v) is 13.7. The molecule has 29 nitrogen and oxygen atoms in total. The van der Waals surface area contributed by atoms with Crippen LogP contribution in [0.15, 0.2) is 121 Å². The van der Waals surface area contributed by atoms with E-state index in [2.05, 4.69) is 0 Å². The zero-order valence-corrected chi connectivity index (χ0v) is 48.1. The van der Waals surface area contributed by atoms with Crippen LogP contribution in [0.3, 0.4) is 0 Å². The molecule has 20 atom stereocenters. The number of benzene rings is 4. The van der Waals surface area contributed by atoms with Crippen molar-refractivity contribution in [3.8, 4) is 6.07 Å². The number of hydrogen-bond acceptors (Lipinski definition) is 26. The van der Waals surface area contributed by atoms with Gasteiger partial charge in [-0.15, -0.1) is 0 Å². The number of primary amides is 3. The summed E-state index contributed by atoms with van der Waals surface area (Å²) in [5.74, 6) is -5.11. The Kier molecular flexibility index (Phi) is 26.3. The smallest absolute Gasteiger partial charge is 0.305 e. The molecule has 14 N–H and O–H groups in total. The molecular weight excluding hydrogens is 1160 g/mol. The van der Waals surface area contributed by atoms with Gasteiger partial charge in [0.25, 0.3) is 0 Å². The minimum atomic E-state index is -1.66. The molecular formula is C59H74N4O25. The quantitative estimate of drug-likeness (QED) is 0.0356. The number of carbonyl (C=O) groups excluding carboxylic acids is 5. The lowest BCUT2D eigenvalue weighted by molar-refractivity contribution is -0.293. The summed E-state index contributed by atoms with van der Waals surface area (Å²) in [4.78, 5) is 56.5. The normalized spacial score (nSPS) is 31.6. The number of fused-ring (bicyclic) bond motifs is 1. The van der Waals surface area contributed by atoms with E-state index in [4.69, 9.17) is 79.3 Å². The molecule has 0 radical (unpaired) electrons. The predicted molar refractivity (Wildman–Crippen MR) is 296 cm³/mol. The molecule has 5 heterocycles. The first-order valence-corrected chi connectivity index (χ1v) is 27.5. The summed E-state index contributed by atoms with van der Waals surface area (Å²) < 4.78 is 64.5. The van der Waals surface area contributed by atoms with Crippen LogP contribution < -0.4 is 17.2 Å². The second-order valence-electron chi connectivity index (χ2n) is 20.8. The molecule has 0 aliphatic carbocycles. The molecule has 5 aliphatic heterocycles. The van der Waals surface area contributed by atoms with Gasteiger partial charge < -0.3 is 115 Å². The van der Waals surface area contributed by atoms with E-state index in [9.17, 15) is 64.8 Å². The van der Waals surface area contributed by atoms with Crippen molar-refractivity contribution in [3.05, 3.63) is 144 Å². The van der Waals surface area contributed by atoms with E-state index < -0.39 is 158 Å². The Balaban J connectivity index is 0.000000188. The summed E-state index contributed by atoms with van der Waals surface area (Å²) in [7, 11) is 0. The average Bonchev–Trinajstić information content (AvgIpc) is 2.16. The van der Waals surface area contributed by atoms with Crippen molar-refractivity contribution in [1.29, 1.82) is 5.26 Å². The van der Waals surface area contributed by atoms with Crippen LogP contribution >= 0.6 is 0 Å². The van der Waals surface area contributed by atoms with E-state index in [1.807, 2.05) is 84.9 Å². The van der Waals surface area contributed by atoms with Gasteiger partial charge >= 0.3 is 11.9 Å². The summed E-state index contributed by atoms with van der Waals surface area (Å²) >= 11 is 0. The zero-order chi connectivity index (χ0) is 64.4. The molecule has 3 amide bonds. The highest BCUT2D eigenvalue weighted by Gasteiger charge is 2.58. The monoisotopic (exact) mass is 1240 g/mol. The summed E-state index contributed by atoms with van der Waals surface area (Å²) in [6.45, 7) is 6.49. The van der Waals surface area contributed by atoms with E-state index in [1.54, 1.807) is 56.3 Å². The summed E-state index contributed by atoms with van der Waals surface area (Å²) in [5, 5.41) is 87.3. The highest BCUT2D eigenvalue weighted by molar-refractivity contribution is 5.80. The van der Waals surface area contributed by atoms with Gasteiger partial charge in [0, 0.05) is 13.8 Å². The highest BCUT2D eigenvalue weighted by atomic mass is 16.8. The lowest BCUT2D eigenvalue weighted by Crippen LogP contribution is -2.63. The minimum absolute atomic E-state index is 0.0542. The Morgan fingerprint density at radius 1 is 0.511 bits per heavy atom. The van der Waals surface area contributed by atoms with Crippen LogP contribution in [0.1, 0.15) is 49.9 Å². The topological polar surface area (TPSA) is 460 Å².